The van der Waals surface area contributed by atoms with Crippen LogP contribution < -0.4 is 4.72 Å². The van der Waals surface area contributed by atoms with Crippen LogP contribution in [-0.4, -0.2) is 92.8 Å². The van der Waals surface area contributed by atoms with Crippen molar-refractivity contribution < 1.29 is 51.2 Å². The maximum atomic E-state index is 13.3. The van der Waals surface area contributed by atoms with E-state index in [4.69, 9.17) is 14.2 Å². The summed E-state index contributed by atoms with van der Waals surface area (Å²) >= 11 is 0. The fraction of sp³-hybridized carbons (Fsp3) is 0.640. The number of hydrogen-bond acceptors (Lipinski definition) is 11. The third-order valence-electron chi connectivity index (χ3n) is 5.29. The van der Waals surface area contributed by atoms with Crippen LogP contribution in [0.5, 0.6) is 0 Å². The molecule has 1 rings (SSSR count). The lowest BCUT2D eigenvalue weighted by molar-refractivity contribution is -0.143. The number of carbonyl (C=O) groups is 3. The fourth-order valence-electron chi connectivity index (χ4n) is 3.18. The molecule has 0 saturated heterocycles. The highest BCUT2D eigenvalue weighted by atomic mass is 32.2. The van der Waals surface area contributed by atoms with Gasteiger partial charge in [-0.1, -0.05) is 17.7 Å². The Morgan fingerprint density at radius 3 is 1.58 bits per heavy atom. The molecular weight excluding hydrogens is 522 g/mol. The molecule has 0 atom stereocenters. The van der Waals surface area contributed by atoms with Gasteiger partial charge < -0.3 is 28.4 Å². The van der Waals surface area contributed by atoms with E-state index < -0.39 is 21.5 Å². The third-order valence-corrected chi connectivity index (χ3v) is 6.88. The molecule has 38 heavy (non-hydrogen) atoms. The van der Waals surface area contributed by atoms with E-state index in [1.54, 1.807) is 12.1 Å². The number of aryl methyl sites for hydroxylation is 1. The molecule has 0 amide bonds. The van der Waals surface area contributed by atoms with Crippen LogP contribution in [0.2, 0.25) is 0 Å². The predicted octanol–water partition coefficient (Wildman–Crippen LogP) is 1.53. The molecule has 0 unspecified atom stereocenters. The standard InChI is InChI=1S/C25H39NO11S/c1-20-9-11-21(12-10-20)38(30,31)26-25(19-37-16-13-24(29)34-4,17-35-14-5-7-22(27)32-2)18-36-15-6-8-23(28)33-3/h9-12,26H,5-8,13-19H2,1-4H3. The number of nitrogens with one attached hydrogen (secondary N) is 1. The zero-order chi connectivity index (χ0) is 28.4. The zero-order valence-corrected chi connectivity index (χ0v) is 23.3. The highest BCUT2D eigenvalue weighted by Gasteiger charge is 2.37. The zero-order valence-electron chi connectivity index (χ0n) is 22.5. The van der Waals surface area contributed by atoms with Gasteiger partial charge in [0.15, 0.2) is 0 Å². The van der Waals surface area contributed by atoms with Crippen molar-refractivity contribution in [3.05, 3.63) is 29.8 Å². The normalized spacial score (nSPS) is 11.7. The van der Waals surface area contributed by atoms with Gasteiger partial charge in [0.2, 0.25) is 10.0 Å². The van der Waals surface area contributed by atoms with Gasteiger partial charge in [-0.3, -0.25) is 14.4 Å². The molecule has 0 bridgehead atoms. The number of ether oxygens (including phenoxy) is 6. The van der Waals surface area contributed by atoms with Gasteiger partial charge in [0, 0.05) is 26.1 Å². The van der Waals surface area contributed by atoms with Gasteiger partial charge in [-0.15, -0.1) is 0 Å². The summed E-state index contributed by atoms with van der Waals surface area (Å²) in [6.45, 7) is 1.60. The van der Waals surface area contributed by atoms with E-state index in [1.165, 1.54) is 33.5 Å². The van der Waals surface area contributed by atoms with Crippen LogP contribution in [0.3, 0.4) is 0 Å². The number of carbonyl (C=O) groups excluding carboxylic acids is 3. The Bertz CT molecular complexity index is 938. The highest BCUT2D eigenvalue weighted by molar-refractivity contribution is 7.89. The van der Waals surface area contributed by atoms with Crippen LogP contribution in [0.15, 0.2) is 29.2 Å². The monoisotopic (exact) mass is 561 g/mol. The first-order valence-corrected chi connectivity index (χ1v) is 13.6. The minimum Gasteiger partial charge on any atom is -0.469 e. The molecule has 12 nitrogen and oxygen atoms in total. The molecule has 13 heteroatoms. The Morgan fingerprint density at radius 2 is 1.13 bits per heavy atom. The number of methoxy groups -OCH3 is 3. The SMILES string of the molecule is COC(=O)CCCOCC(COCCCC(=O)OC)(COCCC(=O)OC)NS(=O)(=O)c1ccc(C)cc1. The molecule has 1 aromatic carbocycles. The van der Waals surface area contributed by atoms with Gasteiger partial charge in [-0.25, -0.2) is 8.42 Å². The van der Waals surface area contributed by atoms with E-state index in [0.29, 0.717) is 12.8 Å². The van der Waals surface area contributed by atoms with Crippen LogP contribution >= 0.6 is 0 Å². The first-order valence-electron chi connectivity index (χ1n) is 12.1. The molecule has 0 aromatic heterocycles. The van der Waals surface area contributed by atoms with Crippen LogP contribution in [0.1, 0.15) is 37.7 Å². The summed E-state index contributed by atoms with van der Waals surface area (Å²) in [5.74, 6) is -1.26. The van der Waals surface area contributed by atoms with E-state index in [-0.39, 0.29) is 75.7 Å². The summed E-state index contributed by atoms with van der Waals surface area (Å²) in [5, 5.41) is 0. The second-order valence-corrected chi connectivity index (χ2v) is 10.2. The Morgan fingerprint density at radius 1 is 0.711 bits per heavy atom. The van der Waals surface area contributed by atoms with E-state index in [0.717, 1.165) is 5.56 Å². The average Bonchev–Trinajstić information content (AvgIpc) is 2.90. The van der Waals surface area contributed by atoms with Crippen LogP contribution in [0, 0.1) is 6.92 Å². The summed E-state index contributed by atoms with van der Waals surface area (Å²) < 4.78 is 60.3. The van der Waals surface area contributed by atoms with Crippen LogP contribution in [-0.2, 0) is 52.8 Å². The lowest BCUT2D eigenvalue weighted by atomic mass is 10.1. The maximum Gasteiger partial charge on any atom is 0.307 e. The van der Waals surface area contributed by atoms with Crippen molar-refractivity contribution in [2.75, 3.05) is 61.0 Å². The van der Waals surface area contributed by atoms with Gasteiger partial charge in [0.25, 0.3) is 0 Å². The quantitative estimate of drug-likeness (QED) is 0.140. The van der Waals surface area contributed by atoms with Crippen LogP contribution in [0.25, 0.3) is 0 Å². The van der Waals surface area contributed by atoms with E-state index in [9.17, 15) is 22.8 Å². The lowest BCUT2D eigenvalue weighted by Gasteiger charge is -2.34. The number of benzene rings is 1. The molecule has 0 fully saturated rings. The molecule has 0 aliphatic carbocycles. The Kier molecular flexibility index (Phi) is 15.7. The van der Waals surface area contributed by atoms with Gasteiger partial charge in [-0.2, -0.15) is 4.72 Å². The maximum absolute atomic E-state index is 13.3. The minimum atomic E-state index is -4.04. The van der Waals surface area contributed by atoms with Crippen molar-refractivity contribution in [3.63, 3.8) is 0 Å². The molecule has 0 heterocycles. The fourth-order valence-corrected chi connectivity index (χ4v) is 4.54. The van der Waals surface area contributed by atoms with Crippen molar-refractivity contribution in [1.29, 1.82) is 0 Å². The third kappa shape index (κ3) is 13.3. The summed E-state index contributed by atoms with van der Waals surface area (Å²) in [4.78, 5) is 34.3. The van der Waals surface area contributed by atoms with Gasteiger partial charge in [0.05, 0.1) is 59.1 Å². The number of rotatable bonds is 20. The largest absolute Gasteiger partial charge is 0.469 e. The molecule has 0 aliphatic heterocycles. The molecule has 0 radical (unpaired) electrons. The first-order chi connectivity index (χ1) is 18.1. The summed E-state index contributed by atoms with van der Waals surface area (Å²) in [6.07, 6.45) is 0.959. The number of esters is 3. The molecule has 1 N–H and O–H groups in total. The van der Waals surface area contributed by atoms with Crippen LogP contribution in [0.4, 0.5) is 0 Å². The first kappa shape index (κ1) is 33.4. The van der Waals surface area contributed by atoms with Gasteiger partial charge >= 0.3 is 17.9 Å². The second-order valence-electron chi connectivity index (χ2n) is 8.54. The van der Waals surface area contributed by atoms with Crippen molar-refractivity contribution in [3.8, 4) is 0 Å². The molecule has 0 spiro atoms. The molecule has 0 saturated carbocycles. The summed E-state index contributed by atoms with van der Waals surface area (Å²) in [5.41, 5.74) is -0.500. The highest BCUT2D eigenvalue weighted by Crippen LogP contribution is 2.17. The van der Waals surface area contributed by atoms with Crippen molar-refractivity contribution in [1.82, 2.24) is 4.72 Å². The molecule has 1 aromatic rings. The summed E-state index contributed by atoms with van der Waals surface area (Å²) in [7, 11) is -0.208. The Labute approximate surface area is 224 Å². The average molecular weight is 562 g/mol. The minimum absolute atomic E-state index is 0.0225. The van der Waals surface area contributed by atoms with E-state index >= 15 is 0 Å². The lowest BCUT2D eigenvalue weighted by Crippen LogP contribution is -2.58. The molecule has 216 valence electrons. The van der Waals surface area contributed by atoms with E-state index in [1.807, 2.05) is 6.92 Å². The molecule has 0 aliphatic rings. The van der Waals surface area contributed by atoms with Crippen molar-refractivity contribution in [2.45, 2.75) is 49.5 Å². The van der Waals surface area contributed by atoms with E-state index in [2.05, 4.69) is 18.9 Å². The topological polar surface area (TPSA) is 153 Å². The summed E-state index contributed by atoms with van der Waals surface area (Å²) in [6, 6.07) is 6.31. The van der Waals surface area contributed by atoms with Gasteiger partial charge in [0.1, 0.15) is 5.54 Å². The Balaban J connectivity index is 3.07. The number of hydrogen-bond donors (Lipinski definition) is 1. The number of sulfonamides is 1. The predicted molar refractivity (Wildman–Crippen MR) is 136 cm³/mol. The van der Waals surface area contributed by atoms with Crippen molar-refractivity contribution >= 4 is 27.9 Å². The van der Waals surface area contributed by atoms with Gasteiger partial charge in [-0.05, 0) is 31.9 Å². The molecular formula is C25H39NO11S. The van der Waals surface area contributed by atoms with Crippen molar-refractivity contribution in [2.24, 2.45) is 0 Å². The Hall–Kier alpha value is -2.58. The second kappa shape index (κ2) is 17.8. The smallest absolute Gasteiger partial charge is 0.307 e.